The van der Waals surface area contributed by atoms with Gasteiger partial charge in [-0.25, -0.2) is 0 Å². The van der Waals surface area contributed by atoms with Crippen molar-refractivity contribution in [3.8, 4) is 11.5 Å². The molecule has 3 rings (SSSR count). The Kier molecular flexibility index (Phi) is 3.80. The van der Waals surface area contributed by atoms with Gasteiger partial charge in [0, 0.05) is 12.6 Å². The van der Waals surface area contributed by atoms with Gasteiger partial charge in [-0.3, -0.25) is 4.98 Å². The molecule has 0 aliphatic carbocycles. The van der Waals surface area contributed by atoms with E-state index in [9.17, 15) is 0 Å². The van der Waals surface area contributed by atoms with Crippen molar-refractivity contribution in [2.45, 2.75) is 38.5 Å². The summed E-state index contributed by atoms with van der Waals surface area (Å²) >= 11 is 0. The molecule has 2 heterocycles. The summed E-state index contributed by atoms with van der Waals surface area (Å²) in [4.78, 5) is 4.22. The Labute approximate surface area is 124 Å². The molecule has 2 aromatic rings. The fraction of sp³-hybridized carbons (Fsp3) is 0.353. The number of ether oxygens (including phenoxy) is 2. The van der Waals surface area contributed by atoms with Gasteiger partial charge in [0.2, 0.25) is 0 Å². The van der Waals surface area contributed by atoms with Crippen LogP contribution in [0.3, 0.4) is 0 Å². The molecule has 0 amide bonds. The van der Waals surface area contributed by atoms with Gasteiger partial charge >= 0.3 is 0 Å². The molecule has 1 aromatic carbocycles. The molecule has 4 heteroatoms. The number of rotatable bonds is 4. The van der Waals surface area contributed by atoms with Crippen LogP contribution in [0.15, 0.2) is 42.7 Å². The van der Waals surface area contributed by atoms with Crippen LogP contribution in [-0.4, -0.2) is 17.2 Å². The maximum absolute atomic E-state index is 6.36. The molecule has 2 N–H and O–H groups in total. The van der Waals surface area contributed by atoms with Crippen LogP contribution >= 0.6 is 0 Å². The van der Waals surface area contributed by atoms with Crippen LogP contribution in [-0.2, 0) is 6.42 Å². The van der Waals surface area contributed by atoms with Gasteiger partial charge < -0.3 is 15.2 Å². The summed E-state index contributed by atoms with van der Waals surface area (Å²) in [6.45, 7) is 3.98. The summed E-state index contributed by atoms with van der Waals surface area (Å²) in [5.41, 5.74) is 8.50. The first-order chi connectivity index (χ1) is 10.1. The van der Waals surface area contributed by atoms with E-state index in [2.05, 4.69) is 11.1 Å². The van der Waals surface area contributed by atoms with Gasteiger partial charge in [-0.05, 0) is 37.1 Å². The normalized spacial score (nSPS) is 18.2. The fourth-order valence-electron chi connectivity index (χ4n) is 2.58. The molecule has 0 saturated carbocycles. The van der Waals surface area contributed by atoms with Gasteiger partial charge in [0.25, 0.3) is 0 Å². The number of hydrogen-bond acceptors (Lipinski definition) is 4. The molecule has 110 valence electrons. The van der Waals surface area contributed by atoms with E-state index in [0.717, 1.165) is 23.5 Å². The highest BCUT2D eigenvalue weighted by molar-refractivity contribution is 5.38. The van der Waals surface area contributed by atoms with Crippen molar-refractivity contribution in [1.29, 1.82) is 0 Å². The van der Waals surface area contributed by atoms with Crippen molar-refractivity contribution in [2.24, 2.45) is 5.73 Å². The quantitative estimate of drug-likeness (QED) is 0.938. The molecule has 1 aliphatic rings. The molecule has 0 bridgehead atoms. The second kappa shape index (κ2) is 5.74. The summed E-state index contributed by atoms with van der Waals surface area (Å²) in [6.07, 6.45) is 4.38. The largest absolute Gasteiger partial charge is 0.489 e. The molecular weight excluding hydrogens is 264 g/mol. The van der Waals surface area contributed by atoms with Crippen LogP contribution in [0.5, 0.6) is 11.5 Å². The molecular formula is C17H20N2O2. The lowest BCUT2D eigenvalue weighted by atomic mass is 10.00. The smallest absolute Gasteiger partial charge is 0.138 e. The molecule has 0 radical (unpaired) electrons. The lowest BCUT2D eigenvalue weighted by molar-refractivity contribution is 0.198. The van der Waals surface area contributed by atoms with E-state index in [1.165, 1.54) is 5.56 Å². The van der Waals surface area contributed by atoms with Crippen molar-refractivity contribution >= 4 is 0 Å². The van der Waals surface area contributed by atoms with E-state index < -0.39 is 0 Å². The van der Waals surface area contributed by atoms with Gasteiger partial charge in [0.05, 0.1) is 18.3 Å². The van der Waals surface area contributed by atoms with Crippen LogP contribution < -0.4 is 15.2 Å². The van der Waals surface area contributed by atoms with Crippen LogP contribution in [0, 0.1) is 0 Å². The minimum absolute atomic E-state index is 0.0569. The average Bonchev–Trinajstić information content (AvgIpc) is 2.90. The zero-order valence-electron chi connectivity index (χ0n) is 12.3. The molecule has 2 unspecified atom stereocenters. The number of aromatic nitrogens is 1. The highest BCUT2D eigenvalue weighted by Gasteiger charge is 2.29. The van der Waals surface area contributed by atoms with E-state index in [4.69, 9.17) is 15.2 Å². The van der Waals surface area contributed by atoms with Gasteiger partial charge in [-0.2, -0.15) is 0 Å². The fourth-order valence-corrected chi connectivity index (χ4v) is 2.58. The standard InChI is InChI=1S/C17H20N2O2/c1-11(2)20-14-7-13(9-19-10-14)17(18)16-8-12-5-3-4-6-15(12)21-16/h3-7,9-11,16-17H,8,18H2,1-2H3. The minimum Gasteiger partial charge on any atom is -0.489 e. The second-order valence-corrected chi connectivity index (χ2v) is 5.61. The van der Waals surface area contributed by atoms with E-state index in [1.54, 1.807) is 12.4 Å². The van der Waals surface area contributed by atoms with Crippen LogP contribution in [0.1, 0.15) is 31.0 Å². The number of fused-ring (bicyclic) bond motifs is 1. The summed E-state index contributed by atoms with van der Waals surface area (Å²) < 4.78 is 11.6. The van der Waals surface area contributed by atoms with Crippen molar-refractivity contribution in [2.75, 3.05) is 0 Å². The van der Waals surface area contributed by atoms with Gasteiger partial charge in [0.1, 0.15) is 17.6 Å². The van der Waals surface area contributed by atoms with Crippen molar-refractivity contribution in [3.63, 3.8) is 0 Å². The SMILES string of the molecule is CC(C)Oc1cncc(C(N)C2Cc3ccccc3O2)c1. The van der Waals surface area contributed by atoms with Crippen LogP contribution in [0.25, 0.3) is 0 Å². The topological polar surface area (TPSA) is 57.4 Å². The number of pyridine rings is 1. The Morgan fingerprint density at radius 1 is 1.29 bits per heavy atom. The monoisotopic (exact) mass is 284 g/mol. The maximum atomic E-state index is 6.36. The number of benzene rings is 1. The molecule has 4 nitrogen and oxygen atoms in total. The summed E-state index contributed by atoms with van der Waals surface area (Å²) in [7, 11) is 0. The predicted octanol–water partition coefficient (Wildman–Crippen LogP) is 2.87. The molecule has 1 aliphatic heterocycles. The zero-order chi connectivity index (χ0) is 14.8. The first-order valence-electron chi connectivity index (χ1n) is 7.25. The van der Waals surface area contributed by atoms with Gasteiger partial charge in [-0.1, -0.05) is 18.2 Å². The molecule has 21 heavy (non-hydrogen) atoms. The van der Waals surface area contributed by atoms with E-state index in [0.29, 0.717) is 0 Å². The van der Waals surface area contributed by atoms with E-state index in [-0.39, 0.29) is 18.2 Å². The highest BCUT2D eigenvalue weighted by atomic mass is 16.5. The van der Waals surface area contributed by atoms with E-state index in [1.807, 2.05) is 38.1 Å². The highest BCUT2D eigenvalue weighted by Crippen LogP contribution is 2.33. The lowest BCUT2D eigenvalue weighted by Crippen LogP contribution is -2.30. The summed E-state index contributed by atoms with van der Waals surface area (Å²) in [5.74, 6) is 1.67. The van der Waals surface area contributed by atoms with Crippen LogP contribution in [0.2, 0.25) is 0 Å². The average molecular weight is 284 g/mol. The predicted molar refractivity (Wildman–Crippen MR) is 81.5 cm³/mol. The Hall–Kier alpha value is -2.07. The number of nitrogens with two attached hydrogens (primary N) is 1. The Balaban J connectivity index is 1.76. The first-order valence-corrected chi connectivity index (χ1v) is 7.25. The molecule has 0 fully saturated rings. The van der Waals surface area contributed by atoms with E-state index >= 15 is 0 Å². The van der Waals surface area contributed by atoms with Gasteiger partial charge in [0.15, 0.2) is 0 Å². The Morgan fingerprint density at radius 3 is 2.86 bits per heavy atom. The summed E-state index contributed by atoms with van der Waals surface area (Å²) in [5, 5.41) is 0. The number of nitrogens with zero attached hydrogens (tertiary/aromatic N) is 1. The summed E-state index contributed by atoms with van der Waals surface area (Å²) in [6, 6.07) is 9.79. The third-order valence-corrected chi connectivity index (χ3v) is 3.56. The van der Waals surface area contributed by atoms with Crippen molar-refractivity contribution in [3.05, 3.63) is 53.9 Å². The minimum atomic E-state index is -0.222. The molecule has 2 atom stereocenters. The third kappa shape index (κ3) is 3.00. The number of hydrogen-bond donors (Lipinski definition) is 1. The van der Waals surface area contributed by atoms with Gasteiger partial charge in [-0.15, -0.1) is 0 Å². The van der Waals surface area contributed by atoms with Crippen molar-refractivity contribution < 1.29 is 9.47 Å². The second-order valence-electron chi connectivity index (χ2n) is 5.61. The lowest BCUT2D eigenvalue weighted by Gasteiger charge is -2.20. The molecule has 0 spiro atoms. The van der Waals surface area contributed by atoms with Crippen molar-refractivity contribution in [1.82, 2.24) is 4.98 Å². The Bertz CT molecular complexity index is 603. The zero-order valence-corrected chi connectivity index (χ0v) is 12.3. The number of para-hydroxylation sites is 1. The molecule has 1 aromatic heterocycles. The molecule has 0 saturated heterocycles. The first kappa shape index (κ1) is 13.9. The third-order valence-electron chi connectivity index (χ3n) is 3.56. The maximum Gasteiger partial charge on any atom is 0.138 e. The Morgan fingerprint density at radius 2 is 2.10 bits per heavy atom. The van der Waals surface area contributed by atoms with Crippen LogP contribution in [0.4, 0.5) is 0 Å².